The first-order valence-corrected chi connectivity index (χ1v) is 14.9. The molecular formula is C35H36N4O5. The number of benzene rings is 3. The van der Waals surface area contributed by atoms with Crippen LogP contribution in [0.2, 0.25) is 0 Å². The smallest absolute Gasteiger partial charge is 0.333 e. The third-order valence-corrected chi connectivity index (χ3v) is 8.21. The normalized spacial score (nSPS) is 13.6. The van der Waals surface area contributed by atoms with Crippen LogP contribution in [0.3, 0.4) is 0 Å². The number of anilines is 1. The van der Waals surface area contributed by atoms with Crippen molar-refractivity contribution in [3.63, 3.8) is 0 Å². The molecule has 1 aliphatic rings. The Kier molecular flexibility index (Phi) is 8.63. The van der Waals surface area contributed by atoms with Crippen molar-refractivity contribution in [2.45, 2.75) is 32.5 Å². The molecule has 9 nitrogen and oxygen atoms in total. The third kappa shape index (κ3) is 6.32. The molecule has 9 heteroatoms. The number of esters is 1. The van der Waals surface area contributed by atoms with E-state index in [1.54, 1.807) is 22.2 Å². The summed E-state index contributed by atoms with van der Waals surface area (Å²) < 4.78 is 20.4. The third-order valence-electron chi connectivity index (χ3n) is 8.21. The summed E-state index contributed by atoms with van der Waals surface area (Å²) >= 11 is 0. The molecule has 0 atom stereocenters. The highest BCUT2D eigenvalue weighted by molar-refractivity contribution is 5.82. The molecule has 0 aliphatic carbocycles. The molecule has 0 bridgehead atoms. The standard InChI is InChI=1S/C35H36N4O5/c1-37-31-22-28(38-19-17-25(18-20-38)21-33(40)42-2)13-14-29(31)39(35(37)41)30-15-16-32(43-23-26-9-5-3-6-10-26)36-34(30)44-24-27-11-7-4-8-12-27/h3-16,22,25H,17-21,23-24H2,1-2H3. The summed E-state index contributed by atoms with van der Waals surface area (Å²) in [7, 11) is 3.22. The topological polar surface area (TPSA) is 87.8 Å². The Hall–Kier alpha value is -5.05. The molecule has 6 rings (SSSR count). The van der Waals surface area contributed by atoms with Crippen LogP contribution in [0.1, 0.15) is 30.4 Å². The van der Waals surface area contributed by atoms with Gasteiger partial charge in [-0.1, -0.05) is 60.7 Å². The Bertz CT molecular complexity index is 1790. The molecule has 0 unspecified atom stereocenters. The van der Waals surface area contributed by atoms with Crippen LogP contribution in [0.15, 0.2) is 95.8 Å². The molecule has 1 aliphatic heterocycles. The van der Waals surface area contributed by atoms with Crippen LogP contribution < -0.4 is 20.1 Å². The minimum atomic E-state index is -0.196. The lowest BCUT2D eigenvalue weighted by Crippen LogP contribution is -2.34. The van der Waals surface area contributed by atoms with E-state index in [1.165, 1.54) is 7.11 Å². The van der Waals surface area contributed by atoms with E-state index in [0.717, 1.165) is 53.8 Å². The SMILES string of the molecule is COC(=O)CC1CCN(c2ccc3c(c2)n(C)c(=O)n3-c2ccc(OCc3ccccc3)nc2OCc2ccccc2)CC1. The second kappa shape index (κ2) is 13.1. The van der Waals surface area contributed by atoms with Crippen molar-refractivity contribution in [1.82, 2.24) is 14.1 Å². The van der Waals surface area contributed by atoms with E-state index in [1.807, 2.05) is 78.9 Å². The maximum atomic E-state index is 13.7. The molecule has 0 amide bonds. The second-order valence-electron chi connectivity index (χ2n) is 11.1. The number of aromatic nitrogens is 3. The lowest BCUT2D eigenvalue weighted by molar-refractivity contribution is -0.141. The molecule has 226 valence electrons. The number of hydrogen-bond donors (Lipinski definition) is 0. The molecule has 3 aromatic carbocycles. The van der Waals surface area contributed by atoms with Gasteiger partial charge >= 0.3 is 11.7 Å². The fraction of sp³-hybridized carbons (Fsp3) is 0.286. The maximum absolute atomic E-state index is 13.7. The van der Waals surface area contributed by atoms with Crippen LogP contribution in [0, 0.1) is 5.92 Å². The maximum Gasteiger partial charge on any atom is 0.333 e. The van der Waals surface area contributed by atoms with Gasteiger partial charge in [-0.25, -0.2) is 4.79 Å². The monoisotopic (exact) mass is 592 g/mol. The van der Waals surface area contributed by atoms with E-state index < -0.39 is 0 Å². The van der Waals surface area contributed by atoms with Crippen LogP contribution in [-0.2, 0) is 29.8 Å². The second-order valence-corrected chi connectivity index (χ2v) is 11.1. The Labute approximate surface area is 256 Å². The zero-order chi connectivity index (χ0) is 30.5. The van der Waals surface area contributed by atoms with E-state index >= 15 is 0 Å². The zero-order valence-electron chi connectivity index (χ0n) is 25.0. The molecule has 5 aromatic rings. The Morgan fingerprint density at radius 3 is 2.16 bits per heavy atom. The van der Waals surface area contributed by atoms with Crippen LogP contribution in [0.25, 0.3) is 16.7 Å². The van der Waals surface area contributed by atoms with Gasteiger partial charge in [0.15, 0.2) is 0 Å². The van der Waals surface area contributed by atoms with Crippen LogP contribution in [0.4, 0.5) is 5.69 Å². The number of methoxy groups -OCH3 is 1. The van der Waals surface area contributed by atoms with Crippen LogP contribution >= 0.6 is 0 Å². The van der Waals surface area contributed by atoms with Gasteiger partial charge in [0.2, 0.25) is 11.8 Å². The van der Waals surface area contributed by atoms with Crippen molar-refractivity contribution in [2.75, 3.05) is 25.1 Å². The number of fused-ring (bicyclic) bond motifs is 1. The number of carbonyl (C=O) groups is 1. The average Bonchev–Trinajstić information content (AvgIpc) is 3.32. The number of imidazole rings is 1. The van der Waals surface area contributed by atoms with Gasteiger partial charge in [0.1, 0.15) is 18.9 Å². The largest absolute Gasteiger partial charge is 0.473 e. The van der Waals surface area contributed by atoms with Crippen molar-refractivity contribution in [3.8, 4) is 17.4 Å². The zero-order valence-corrected chi connectivity index (χ0v) is 25.0. The van der Waals surface area contributed by atoms with Crippen molar-refractivity contribution < 1.29 is 19.0 Å². The number of aryl methyl sites for hydroxylation is 1. The fourth-order valence-electron chi connectivity index (χ4n) is 5.70. The van der Waals surface area contributed by atoms with Gasteiger partial charge in [-0.2, -0.15) is 4.98 Å². The summed E-state index contributed by atoms with van der Waals surface area (Å²) in [4.78, 5) is 32.5. The van der Waals surface area contributed by atoms with Gasteiger partial charge < -0.3 is 19.1 Å². The molecule has 1 fully saturated rings. The molecule has 2 aromatic heterocycles. The highest BCUT2D eigenvalue weighted by Crippen LogP contribution is 2.31. The van der Waals surface area contributed by atoms with Crippen molar-refractivity contribution in [2.24, 2.45) is 13.0 Å². The van der Waals surface area contributed by atoms with E-state index in [4.69, 9.17) is 19.2 Å². The van der Waals surface area contributed by atoms with E-state index in [-0.39, 0.29) is 11.7 Å². The van der Waals surface area contributed by atoms with Crippen LogP contribution in [-0.4, -0.2) is 40.3 Å². The van der Waals surface area contributed by atoms with Crippen molar-refractivity contribution >= 4 is 22.7 Å². The summed E-state index contributed by atoms with van der Waals surface area (Å²) in [6.45, 7) is 2.34. The Morgan fingerprint density at radius 2 is 1.50 bits per heavy atom. The number of rotatable bonds is 10. The average molecular weight is 593 g/mol. The summed E-state index contributed by atoms with van der Waals surface area (Å²) in [6, 6.07) is 29.4. The van der Waals surface area contributed by atoms with Gasteiger partial charge in [-0.15, -0.1) is 0 Å². The number of hydrogen-bond acceptors (Lipinski definition) is 7. The number of nitrogens with zero attached hydrogens (tertiary/aromatic N) is 4. The van der Waals surface area contributed by atoms with Crippen molar-refractivity contribution in [1.29, 1.82) is 0 Å². The molecule has 0 saturated carbocycles. The highest BCUT2D eigenvalue weighted by atomic mass is 16.5. The van der Waals surface area contributed by atoms with Gasteiger partial charge in [-0.05, 0) is 54.2 Å². The van der Waals surface area contributed by atoms with Crippen LogP contribution in [0.5, 0.6) is 11.8 Å². The summed E-state index contributed by atoms with van der Waals surface area (Å²) in [5, 5.41) is 0. The number of piperidine rings is 1. The number of carbonyl (C=O) groups excluding carboxylic acids is 1. The highest BCUT2D eigenvalue weighted by Gasteiger charge is 2.24. The first-order valence-electron chi connectivity index (χ1n) is 14.9. The predicted molar refractivity (Wildman–Crippen MR) is 169 cm³/mol. The van der Waals surface area contributed by atoms with Gasteiger partial charge in [0.25, 0.3) is 0 Å². The van der Waals surface area contributed by atoms with E-state index in [2.05, 4.69) is 11.0 Å². The first-order chi connectivity index (χ1) is 21.5. The predicted octanol–water partition coefficient (Wildman–Crippen LogP) is 5.66. The Morgan fingerprint density at radius 1 is 0.841 bits per heavy atom. The summed E-state index contributed by atoms with van der Waals surface area (Å²) in [6.07, 6.45) is 2.29. The molecule has 3 heterocycles. The Balaban J connectivity index is 1.30. The lowest BCUT2D eigenvalue weighted by Gasteiger charge is -2.33. The van der Waals surface area contributed by atoms with Gasteiger partial charge in [0, 0.05) is 38.3 Å². The molecular weight excluding hydrogens is 556 g/mol. The van der Waals surface area contributed by atoms with E-state index in [0.29, 0.717) is 43.0 Å². The molecule has 0 radical (unpaired) electrons. The first kappa shape index (κ1) is 29.0. The molecule has 0 spiro atoms. The van der Waals surface area contributed by atoms with Gasteiger partial charge in [0.05, 0.1) is 18.1 Å². The number of ether oxygens (including phenoxy) is 3. The lowest BCUT2D eigenvalue weighted by atomic mass is 9.93. The van der Waals surface area contributed by atoms with E-state index in [9.17, 15) is 9.59 Å². The quantitative estimate of drug-likeness (QED) is 0.193. The molecule has 0 N–H and O–H groups in total. The minimum absolute atomic E-state index is 0.154. The fourth-order valence-corrected chi connectivity index (χ4v) is 5.70. The minimum Gasteiger partial charge on any atom is -0.473 e. The molecule has 44 heavy (non-hydrogen) atoms. The van der Waals surface area contributed by atoms with Gasteiger partial charge in [-0.3, -0.25) is 13.9 Å². The number of pyridine rings is 1. The van der Waals surface area contributed by atoms with Crippen molar-refractivity contribution in [3.05, 3.63) is 113 Å². The summed E-state index contributed by atoms with van der Waals surface area (Å²) in [5.41, 5.74) is 4.97. The summed E-state index contributed by atoms with van der Waals surface area (Å²) in [5.74, 6) is 0.894. The molecule has 1 saturated heterocycles.